The molecule has 1 heterocycles. The van der Waals surface area contributed by atoms with E-state index in [1.807, 2.05) is 6.07 Å². The van der Waals surface area contributed by atoms with Gasteiger partial charge in [0.15, 0.2) is 5.82 Å². The van der Waals surface area contributed by atoms with E-state index in [0.29, 0.717) is 0 Å². The molecular formula is C66H40N2. The standard InChI is InChI=1S/C66H40N2/c1-4-17-41(18-5-1)48-27-10-12-29-50(48)52-35-33-44-34-36-55-59(51-30-13-11-28-49(51)42-19-6-2-7-20-42)40-58(54-38-37-53(52)61(44)62(54)55)46-25-14-26-47(39-46)64-63-56-31-15-23-43-24-16-32-57(60(43)56)65(63)68-66(67-64)45-21-8-3-9-22-45/h1-40H. The summed E-state index contributed by atoms with van der Waals surface area (Å²) in [6, 6.07) is 88.4. The zero-order valence-corrected chi connectivity index (χ0v) is 37.0. The summed E-state index contributed by atoms with van der Waals surface area (Å²) in [6.07, 6.45) is 0. The number of benzene rings is 12. The number of hydrogen-bond donors (Lipinski definition) is 0. The quantitative estimate of drug-likeness (QED) is 0.149. The van der Waals surface area contributed by atoms with E-state index < -0.39 is 0 Å². The van der Waals surface area contributed by atoms with E-state index in [1.165, 1.54) is 98.7 Å². The van der Waals surface area contributed by atoms with Gasteiger partial charge in [-0.2, -0.15) is 0 Å². The fourth-order valence-corrected chi connectivity index (χ4v) is 11.2. The van der Waals surface area contributed by atoms with Gasteiger partial charge in [0.25, 0.3) is 0 Å². The number of aromatic nitrogens is 2. The molecule has 2 nitrogen and oxygen atoms in total. The maximum absolute atomic E-state index is 5.49. The van der Waals surface area contributed by atoms with Gasteiger partial charge in [0.1, 0.15) is 0 Å². The summed E-state index contributed by atoms with van der Waals surface area (Å²) >= 11 is 0. The Balaban J connectivity index is 1.05. The van der Waals surface area contributed by atoms with Gasteiger partial charge >= 0.3 is 0 Å². The van der Waals surface area contributed by atoms with Crippen LogP contribution in [0.2, 0.25) is 0 Å². The van der Waals surface area contributed by atoms with Crippen LogP contribution >= 0.6 is 0 Å². The Labute approximate surface area is 394 Å². The van der Waals surface area contributed by atoms with Crippen molar-refractivity contribution in [3.8, 4) is 101 Å². The van der Waals surface area contributed by atoms with E-state index in [-0.39, 0.29) is 0 Å². The van der Waals surface area contributed by atoms with Gasteiger partial charge in [-0.15, -0.1) is 0 Å². The largest absolute Gasteiger partial charge is 0.227 e. The minimum Gasteiger partial charge on any atom is -0.227 e. The summed E-state index contributed by atoms with van der Waals surface area (Å²) in [5.41, 5.74) is 19.4. The van der Waals surface area contributed by atoms with Crippen molar-refractivity contribution in [1.29, 1.82) is 0 Å². The lowest BCUT2D eigenvalue weighted by Crippen LogP contribution is -1.98. The highest BCUT2D eigenvalue weighted by Gasteiger charge is 2.29. The van der Waals surface area contributed by atoms with Gasteiger partial charge in [0, 0.05) is 22.3 Å². The molecule has 0 atom stereocenters. The molecule has 1 aromatic heterocycles. The molecule has 0 N–H and O–H groups in total. The third-order valence-corrected chi connectivity index (χ3v) is 14.2. The van der Waals surface area contributed by atoms with Crippen molar-refractivity contribution in [2.75, 3.05) is 0 Å². The van der Waals surface area contributed by atoms with Crippen molar-refractivity contribution >= 4 is 43.1 Å². The lowest BCUT2D eigenvalue weighted by molar-refractivity contribution is 1.19. The summed E-state index contributed by atoms with van der Waals surface area (Å²) in [6.45, 7) is 0. The highest BCUT2D eigenvalue weighted by molar-refractivity contribution is 6.30. The van der Waals surface area contributed by atoms with E-state index in [4.69, 9.17) is 9.97 Å². The summed E-state index contributed by atoms with van der Waals surface area (Å²) < 4.78 is 0. The molecule has 0 fully saturated rings. The Hall–Kier alpha value is -8.98. The first-order valence-electron chi connectivity index (χ1n) is 23.4. The molecule has 1 aliphatic rings. The maximum atomic E-state index is 5.49. The average molecular weight is 861 g/mol. The van der Waals surface area contributed by atoms with Crippen LogP contribution in [0.4, 0.5) is 0 Å². The number of nitrogens with zero attached hydrogens (tertiary/aromatic N) is 2. The van der Waals surface area contributed by atoms with Crippen LogP contribution in [-0.2, 0) is 0 Å². The van der Waals surface area contributed by atoms with Gasteiger partial charge in [-0.3, -0.25) is 0 Å². The summed E-state index contributed by atoms with van der Waals surface area (Å²) in [5.74, 6) is 0.724. The Kier molecular flexibility index (Phi) is 8.62. The fraction of sp³-hybridized carbons (Fsp3) is 0. The van der Waals surface area contributed by atoms with Crippen LogP contribution in [0.1, 0.15) is 0 Å². The molecule has 0 amide bonds. The summed E-state index contributed by atoms with van der Waals surface area (Å²) in [5, 5.41) is 9.94. The second-order valence-electron chi connectivity index (χ2n) is 17.9. The van der Waals surface area contributed by atoms with Crippen LogP contribution in [0.5, 0.6) is 0 Å². The van der Waals surface area contributed by atoms with E-state index >= 15 is 0 Å². The first-order valence-corrected chi connectivity index (χ1v) is 23.4. The molecule has 1 aliphatic carbocycles. The van der Waals surface area contributed by atoms with Crippen LogP contribution < -0.4 is 0 Å². The minimum absolute atomic E-state index is 0.724. The van der Waals surface area contributed by atoms with Crippen LogP contribution in [0.25, 0.3) is 144 Å². The first kappa shape index (κ1) is 38.3. The van der Waals surface area contributed by atoms with Gasteiger partial charge in [0.2, 0.25) is 0 Å². The SMILES string of the molecule is c1ccc(-c2nc(-c3cccc(-c4cc(-c5ccccc5-c5ccccc5)c5ccc6ccc(-c7ccccc7-c7ccccc7)c7ccc4c5c67)c3)c3c(n2)-c2cccc4cccc-3c24)cc1. The molecule has 0 aliphatic heterocycles. The molecule has 2 heteroatoms. The molecule has 68 heavy (non-hydrogen) atoms. The molecule has 314 valence electrons. The van der Waals surface area contributed by atoms with Crippen LogP contribution in [0.15, 0.2) is 243 Å². The smallest absolute Gasteiger partial charge is 0.160 e. The van der Waals surface area contributed by atoms with Gasteiger partial charge in [0.05, 0.1) is 11.4 Å². The molecule has 12 aromatic carbocycles. The topological polar surface area (TPSA) is 25.8 Å². The van der Waals surface area contributed by atoms with Crippen molar-refractivity contribution in [2.24, 2.45) is 0 Å². The third kappa shape index (κ3) is 5.91. The molecule has 14 rings (SSSR count). The Morgan fingerprint density at radius 2 is 0.691 bits per heavy atom. The normalized spacial score (nSPS) is 11.8. The number of rotatable bonds is 7. The molecule has 0 saturated carbocycles. The molecule has 0 unspecified atom stereocenters. The zero-order chi connectivity index (χ0) is 44.7. The zero-order valence-electron chi connectivity index (χ0n) is 37.0. The average Bonchev–Trinajstić information content (AvgIpc) is 3.75. The van der Waals surface area contributed by atoms with Crippen molar-refractivity contribution in [2.45, 2.75) is 0 Å². The lowest BCUT2D eigenvalue weighted by atomic mass is 9.82. The Morgan fingerprint density at radius 1 is 0.221 bits per heavy atom. The first-order chi connectivity index (χ1) is 33.7. The molecule has 0 saturated heterocycles. The summed E-state index contributed by atoms with van der Waals surface area (Å²) in [4.78, 5) is 10.8. The van der Waals surface area contributed by atoms with Crippen LogP contribution in [-0.4, -0.2) is 9.97 Å². The van der Waals surface area contributed by atoms with Crippen molar-refractivity contribution < 1.29 is 0 Å². The second kappa shape index (κ2) is 15.3. The minimum atomic E-state index is 0.724. The molecule has 0 radical (unpaired) electrons. The molecular weight excluding hydrogens is 821 g/mol. The Bertz CT molecular complexity index is 4110. The van der Waals surface area contributed by atoms with E-state index in [1.54, 1.807) is 0 Å². The van der Waals surface area contributed by atoms with Crippen molar-refractivity contribution in [3.63, 3.8) is 0 Å². The second-order valence-corrected chi connectivity index (χ2v) is 17.9. The van der Waals surface area contributed by atoms with Gasteiger partial charge in [-0.05, 0) is 116 Å². The van der Waals surface area contributed by atoms with Crippen molar-refractivity contribution in [1.82, 2.24) is 9.97 Å². The Morgan fingerprint density at radius 3 is 1.38 bits per heavy atom. The lowest BCUT2D eigenvalue weighted by Gasteiger charge is -2.21. The van der Waals surface area contributed by atoms with Crippen LogP contribution in [0, 0.1) is 0 Å². The number of hydrogen-bond acceptors (Lipinski definition) is 2. The monoisotopic (exact) mass is 860 g/mol. The van der Waals surface area contributed by atoms with Crippen LogP contribution in [0.3, 0.4) is 0 Å². The third-order valence-electron chi connectivity index (χ3n) is 14.2. The highest BCUT2D eigenvalue weighted by atomic mass is 14.9. The molecule has 0 bridgehead atoms. The van der Waals surface area contributed by atoms with E-state index in [0.717, 1.165) is 45.0 Å². The predicted octanol–water partition coefficient (Wildman–Crippen LogP) is 17.8. The highest BCUT2D eigenvalue weighted by Crippen LogP contribution is 2.52. The number of fused-ring (bicyclic) bond motifs is 3. The maximum Gasteiger partial charge on any atom is 0.160 e. The predicted molar refractivity (Wildman–Crippen MR) is 286 cm³/mol. The van der Waals surface area contributed by atoms with Crippen molar-refractivity contribution in [3.05, 3.63) is 243 Å². The van der Waals surface area contributed by atoms with Gasteiger partial charge in [-0.25, -0.2) is 9.97 Å². The molecule has 0 spiro atoms. The fourth-order valence-electron chi connectivity index (χ4n) is 11.2. The summed E-state index contributed by atoms with van der Waals surface area (Å²) in [7, 11) is 0. The van der Waals surface area contributed by atoms with Gasteiger partial charge < -0.3 is 0 Å². The van der Waals surface area contributed by atoms with Gasteiger partial charge in [-0.1, -0.05) is 231 Å². The van der Waals surface area contributed by atoms with E-state index in [2.05, 4.69) is 237 Å². The molecule has 13 aromatic rings. The van der Waals surface area contributed by atoms with E-state index in [9.17, 15) is 0 Å².